The van der Waals surface area contributed by atoms with Crippen molar-refractivity contribution in [2.75, 3.05) is 0 Å². The maximum atomic E-state index is 11.3. The van der Waals surface area contributed by atoms with Gasteiger partial charge >= 0.3 is 157 Å². The van der Waals surface area contributed by atoms with Crippen LogP contribution < -0.4 is 0 Å². The summed E-state index contributed by atoms with van der Waals surface area (Å²) in [7, 11) is -6.84. The molecule has 0 aliphatic rings. The minimum atomic E-state index is -3.42. The summed E-state index contributed by atoms with van der Waals surface area (Å²) in [6.07, 6.45) is 0. The molecule has 0 aromatic rings. The second-order valence-electron chi connectivity index (χ2n) is 2.34. The molecule has 0 amide bonds. The molecule has 0 fully saturated rings. The first-order valence-electron chi connectivity index (χ1n) is 4.52. The second-order valence-corrected chi connectivity index (χ2v) is 12.3. The van der Waals surface area contributed by atoms with Gasteiger partial charge in [-0.2, -0.15) is 0 Å². The molecule has 0 bridgehead atoms. The van der Waals surface area contributed by atoms with Crippen LogP contribution in [0.3, 0.4) is 0 Å². The molecule has 0 saturated heterocycles. The van der Waals surface area contributed by atoms with Crippen LogP contribution in [0.15, 0.2) is 0 Å². The van der Waals surface area contributed by atoms with E-state index in [0.717, 1.165) is 0 Å². The first-order chi connectivity index (χ1) is 10.1. The molecule has 21 heteroatoms. The molecule has 0 spiro atoms. The monoisotopic (exact) mass is 426 g/mol. The molecule has 0 aromatic carbocycles. The topological polar surface area (TPSA) is 167 Å². The van der Waals surface area contributed by atoms with E-state index in [2.05, 4.69) is 22.4 Å². The van der Waals surface area contributed by atoms with E-state index < -0.39 is 111 Å². The number of rotatable bonds is 14. The Labute approximate surface area is 155 Å². The molecule has 13 nitrogen and oxygen atoms in total. The van der Waals surface area contributed by atoms with Crippen molar-refractivity contribution in [1.29, 1.82) is 0 Å². The van der Waals surface area contributed by atoms with Crippen LogP contribution in [0.1, 0.15) is 0 Å². The van der Waals surface area contributed by atoms with Crippen molar-refractivity contribution in [3.63, 3.8) is 0 Å². The van der Waals surface area contributed by atoms with Gasteiger partial charge in [-0.05, 0) is 0 Å². The summed E-state index contributed by atoms with van der Waals surface area (Å²) in [5.41, 5.74) is 0. The molecule has 0 N–H and O–H groups in total. The Hall–Kier alpha value is 1.03. The fraction of sp³-hybridized carbons (Fsp3) is 0. The van der Waals surface area contributed by atoms with Crippen LogP contribution in [0, 0.1) is 0 Å². The van der Waals surface area contributed by atoms with Crippen LogP contribution >= 0.6 is 0 Å². The molecule has 0 aliphatic heterocycles. The Morgan fingerprint density at radius 2 is 0.905 bits per heavy atom. The van der Waals surface area contributed by atoms with Crippen molar-refractivity contribution in [3.05, 3.63) is 0 Å². The summed E-state index contributed by atoms with van der Waals surface area (Å²) in [5.74, 6) is 0. The van der Waals surface area contributed by atoms with Crippen molar-refractivity contribution in [3.8, 4) is 0 Å². The van der Waals surface area contributed by atoms with Gasteiger partial charge in [0.2, 0.25) is 0 Å². The van der Waals surface area contributed by atoms with E-state index in [1.807, 2.05) is 0 Å². The molecular weight excluding hydrogens is 426 g/mol. The molecule has 0 aliphatic carbocycles. The third kappa shape index (κ3) is 12.2. The van der Waals surface area contributed by atoms with E-state index >= 15 is 0 Å². The SMILES string of the molecule is [O]=[Al][O][Al]([O][Al]=[O])[O][Si](=O)O[Si](=O)[O][Al]([O][Al]=[O])[O][Al]=[O]. The van der Waals surface area contributed by atoms with Gasteiger partial charge in [0, 0.05) is 0 Å². The van der Waals surface area contributed by atoms with E-state index in [1.54, 1.807) is 0 Å². The Bertz CT molecular complexity index is 340. The summed E-state index contributed by atoms with van der Waals surface area (Å²) in [5, 5.41) is 0. The van der Waals surface area contributed by atoms with Crippen LogP contribution in [0.25, 0.3) is 0 Å². The van der Waals surface area contributed by atoms with E-state index in [4.69, 9.17) is 0 Å². The molecular formula is Al6O13Si2. The fourth-order valence-corrected chi connectivity index (χ4v) is 9.69. The Morgan fingerprint density at radius 3 is 1.14 bits per heavy atom. The van der Waals surface area contributed by atoms with Crippen molar-refractivity contribution < 1.29 is 46.6 Å². The van der Waals surface area contributed by atoms with Crippen LogP contribution in [-0.2, 0) is 46.6 Å². The number of hydrogen-bond acceptors (Lipinski definition) is 13. The first-order valence-corrected chi connectivity index (χ1v) is 13.6. The van der Waals surface area contributed by atoms with Crippen LogP contribution in [0.4, 0.5) is 0 Å². The normalized spacial score (nSPS) is 7.43. The van der Waals surface area contributed by atoms with E-state index in [1.165, 1.54) is 0 Å². The Kier molecular flexibility index (Phi) is 15.3. The predicted molar refractivity (Wildman–Crippen MR) is 57.7 cm³/mol. The van der Waals surface area contributed by atoms with Crippen LogP contribution in [0.5, 0.6) is 0 Å². The molecule has 21 heavy (non-hydrogen) atoms. The minimum absolute atomic E-state index is 1.75. The summed E-state index contributed by atoms with van der Waals surface area (Å²) >= 11 is -13.3. The second kappa shape index (κ2) is 14.6. The molecule has 0 rings (SSSR count). The Balaban J connectivity index is 4.30. The van der Waals surface area contributed by atoms with Crippen molar-refractivity contribution in [1.82, 2.24) is 0 Å². The summed E-state index contributed by atoms with van der Waals surface area (Å²) in [6.45, 7) is 0. The fourth-order valence-electron chi connectivity index (χ4n) is 0.630. The molecule has 0 radical (unpaired) electrons. The average Bonchev–Trinajstić information content (AvgIpc) is 2.39. The zero-order valence-electron chi connectivity index (χ0n) is 9.77. The summed E-state index contributed by atoms with van der Waals surface area (Å²) in [6, 6.07) is 0. The van der Waals surface area contributed by atoms with Crippen molar-refractivity contribution in [2.45, 2.75) is 0 Å². The van der Waals surface area contributed by atoms with Gasteiger partial charge < -0.3 is 0 Å². The zero-order chi connectivity index (χ0) is 16.1. The van der Waals surface area contributed by atoms with Gasteiger partial charge in [0.05, 0.1) is 0 Å². The van der Waals surface area contributed by atoms with Gasteiger partial charge in [-0.3, -0.25) is 0 Å². The van der Waals surface area contributed by atoms with Gasteiger partial charge in [-0.25, -0.2) is 0 Å². The van der Waals surface area contributed by atoms with Crippen molar-refractivity contribution in [2.24, 2.45) is 0 Å². The van der Waals surface area contributed by atoms with E-state index in [0.29, 0.717) is 0 Å². The van der Waals surface area contributed by atoms with Crippen molar-refractivity contribution >= 4 is 111 Å². The molecule has 104 valence electrons. The average molecular weight is 426 g/mol. The zero-order valence-corrected chi connectivity index (χ0v) is 18.7. The van der Waals surface area contributed by atoms with E-state index in [9.17, 15) is 24.1 Å². The number of hydrogen-bond donors (Lipinski definition) is 0. The molecule has 0 atom stereocenters. The maximum absolute atomic E-state index is 11.3. The molecule has 0 heterocycles. The quantitative estimate of drug-likeness (QED) is 0.245. The van der Waals surface area contributed by atoms with Crippen LogP contribution in [-0.4, -0.2) is 111 Å². The molecule has 0 unspecified atom stereocenters. The van der Waals surface area contributed by atoms with Gasteiger partial charge in [0.25, 0.3) is 0 Å². The molecule has 0 aromatic heterocycles. The third-order valence-electron chi connectivity index (χ3n) is 1.22. The Morgan fingerprint density at radius 1 is 0.619 bits per heavy atom. The summed E-state index contributed by atoms with van der Waals surface area (Å²) in [4.78, 5) is 0. The standard InChI is InChI=1S/6Al.O5Si2.8O/c;;;;;;1-6(2)5-7(3)4;;;;;;;;/q;;;;2*+1;-2;;;;;;;;. The van der Waals surface area contributed by atoms with Crippen LogP contribution in [0.2, 0.25) is 0 Å². The third-order valence-corrected chi connectivity index (χ3v) is 11.0. The van der Waals surface area contributed by atoms with Gasteiger partial charge in [0.1, 0.15) is 0 Å². The molecule has 0 saturated carbocycles. The van der Waals surface area contributed by atoms with E-state index in [-0.39, 0.29) is 0 Å². The van der Waals surface area contributed by atoms with Gasteiger partial charge in [-0.1, -0.05) is 0 Å². The van der Waals surface area contributed by atoms with Gasteiger partial charge in [-0.15, -0.1) is 0 Å². The van der Waals surface area contributed by atoms with Gasteiger partial charge in [0.15, 0.2) is 0 Å². The summed E-state index contributed by atoms with van der Waals surface area (Å²) < 4.78 is 94.8. The first kappa shape index (κ1) is 22.0. The predicted octanol–water partition coefficient (Wildman–Crippen LogP) is -4.24.